The first-order valence-electron chi connectivity index (χ1n) is 6.62. The van der Waals surface area contributed by atoms with Gasteiger partial charge in [0.2, 0.25) is 0 Å². The summed E-state index contributed by atoms with van der Waals surface area (Å²) in [6, 6.07) is 0. The van der Waals surface area contributed by atoms with Gasteiger partial charge in [-0.1, -0.05) is 0 Å². The van der Waals surface area contributed by atoms with Gasteiger partial charge in [-0.15, -0.1) is 0 Å². The molecule has 6 heteroatoms. The molecule has 0 aromatic heterocycles. The lowest BCUT2D eigenvalue weighted by molar-refractivity contribution is -0.138. The normalized spacial score (nSPS) is 16.5. The Morgan fingerprint density at radius 1 is 1.16 bits per heavy atom. The minimum Gasteiger partial charge on any atom is -0.481 e. The summed E-state index contributed by atoms with van der Waals surface area (Å²) in [5.74, 6) is 1.18. The smallest absolute Gasteiger partial charge is 0.303 e. The summed E-state index contributed by atoms with van der Waals surface area (Å²) in [6.07, 6.45) is 2.43. The second kappa shape index (κ2) is 9.58. The van der Waals surface area contributed by atoms with Crippen LogP contribution in [0.15, 0.2) is 0 Å². The van der Waals surface area contributed by atoms with E-state index in [4.69, 9.17) is 19.3 Å². The number of methoxy groups -OCH3 is 1. The van der Waals surface area contributed by atoms with Gasteiger partial charge in [0.25, 0.3) is 0 Å². The van der Waals surface area contributed by atoms with E-state index in [-0.39, 0.29) is 5.41 Å². The molecule has 1 saturated carbocycles. The third-order valence-electron chi connectivity index (χ3n) is 3.07. The van der Waals surface area contributed by atoms with Crippen LogP contribution < -0.4 is 0 Å². The Morgan fingerprint density at radius 2 is 1.79 bits per heavy atom. The highest BCUT2D eigenvalue weighted by Gasteiger charge is 2.43. The summed E-state index contributed by atoms with van der Waals surface area (Å²) in [5, 5.41) is 8.79. The van der Waals surface area contributed by atoms with E-state index in [1.54, 1.807) is 18.9 Å². The second-order valence-electron chi connectivity index (χ2n) is 4.84. The highest BCUT2D eigenvalue weighted by molar-refractivity contribution is 7.99. The van der Waals surface area contributed by atoms with Crippen LogP contribution in [0, 0.1) is 5.41 Å². The van der Waals surface area contributed by atoms with Gasteiger partial charge in [0, 0.05) is 12.9 Å². The lowest BCUT2D eigenvalue weighted by Gasteiger charge is -2.11. The third-order valence-corrected chi connectivity index (χ3v) is 4.34. The largest absolute Gasteiger partial charge is 0.481 e. The highest BCUT2D eigenvalue weighted by atomic mass is 32.2. The first-order valence-corrected chi connectivity index (χ1v) is 7.78. The van der Waals surface area contributed by atoms with Crippen molar-refractivity contribution in [1.82, 2.24) is 0 Å². The minimum atomic E-state index is -0.678. The van der Waals surface area contributed by atoms with Crippen molar-refractivity contribution in [3.63, 3.8) is 0 Å². The van der Waals surface area contributed by atoms with Gasteiger partial charge in [0.15, 0.2) is 0 Å². The zero-order valence-electron chi connectivity index (χ0n) is 11.6. The maximum atomic E-state index is 10.7. The van der Waals surface area contributed by atoms with Gasteiger partial charge in [-0.05, 0) is 24.0 Å². The van der Waals surface area contributed by atoms with Crippen LogP contribution in [0.25, 0.3) is 0 Å². The van der Waals surface area contributed by atoms with Gasteiger partial charge >= 0.3 is 5.97 Å². The molecular formula is C13H24O5S. The van der Waals surface area contributed by atoms with E-state index in [0.29, 0.717) is 39.5 Å². The van der Waals surface area contributed by atoms with Gasteiger partial charge in [0.05, 0.1) is 39.5 Å². The third kappa shape index (κ3) is 8.47. The molecular weight excluding hydrogens is 268 g/mol. The van der Waals surface area contributed by atoms with Crippen LogP contribution in [-0.4, -0.2) is 62.7 Å². The van der Waals surface area contributed by atoms with E-state index < -0.39 is 5.97 Å². The first kappa shape index (κ1) is 16.8. The molecule has 0 atom stereocenters. The number of hydrogen-bond acceptors (Lipinski definition) is 5. The number of rotatable bonds is 13. The van der Waals surface area contributed by atoms with Gasteiger partial charge in [-0.25, -0.2) is 0 Å². The second-order valence-corrected chi connectivity index (χ2v) is 5.95. The topological polar surface area (TPSA) is 65.0 Å². The van der Waals surface area contributed by atoms with Crippen molar-refractivity contribution in [2.45, 2.75) is 19.3 Å². The quantitative estimate of drug-likeness (QED) is 0.521. The monoisotopic (exact) mass is 292 g/mol. The van der Waals surface area contributed by atoms with Gasteiger partial charge in [-0.3, -0.25) is 4.79 Å². The van der Waals surface area contributed by atoms with Crippen LogP contribution in [0.4, 0.5) is 0 Å². The molecule has 1 N–H and O–H groups in total. The summed E-state index contributed by atoms with van der Waals surface area (Å²) in [7, 11) is 1.65. The van der Waals surface area contributed by atoms with Crippen LogP contribution in [0.5, 0.6) is 0 Å². The minimum absolute atomic E-state index is 0.0831. The summed E-state index contributed by atoms with van der Waals surface area (Å²) in [4.78, 5) is 10.7. The van der Waals surface area contributed by atoms with Crippen LogP contribution in [0.1, 0.15) is 19.3 Å². The average molecular weight is 292 g/mol. The number of carboxylic acid groups (broad SMARTS) is 1. The van der Waals surface area contributed by atoms with Crippen molar-refractivity contribution in [1.29, 1.82) is 0 Å². The molecule has 0 unspecified atom stereocenters. The standard InChI is InChI=1S/C13H24O5S/c1-16-4-5-17-6-7-18-8-9-19-11-13(2-3-13)10-12(14)15/h2-11H2,1H3,(H,14,15). The predicted octanol–water partition coefficient (Wildman–Crippen LogP) is 1.65. The number of thioether (sulfide) groups is 1. The molecule has 0 saturated heterocycles. The van der Waals surface area contributed by atoms with Gasteiger partial charge in [-0.2, -0.15) is 11.8 Å². The number of carboxylic acids is 1. The summed E-state index contributed by atoms with van der Waals surface area (Å²) < 4.78 is 15.5. The van der Waals surface area contributed by atoms with Crippen molar-refractivity contribution < 1.29 is 24.1 Å². The molecule has 1 rings (SSSR count). The Balaban J connectivity index is 1.83. The summed E-state index contributed by atoms with van der Waals surface area (Å²) in [5.41, 5.74) is 0.0831. The van der Waals surface area contributed by atoms with Crippen LogP contribution in [0.3, 0.4) is 0 Å². The molecule has 0 aromatic carbocycles. The van der Waals surface area contributed by atoms with E-state index in [9.17, 15) is 4.79 Å². The Morgan fingerprint density at radius 3 is 2.37 bits per heavy atom. The zero-order chi connectivity index (χ0) is 14.0. The summed E-state index contributed by atoms with van der Waals surface area (Å²) in [6.45, 7) is 3.11. The summed E-state index contributed by atoms with van der Waals surface area (Å²) >= 11 is 1.79. The number of carbonyl (C=O) groups is 1. The molecule has 112 valence electrons. The number of hydrogen-bond donors (Lipinski definition) is 1. The molecule has 0 heterocycles. The van der Waals surface area contributed by atoms with Crippen molar-refractivity contribution >= 4 is 17.7 Å². The van der Waals surface area contributed by atoms with Crippen LogP contribution in [0.2, 0.25) is 0 Å². The molecule has 1 aliphatic rings. The predicted molar refractivity (Wildman–Crippen MR) is 74.8 cm³/mol. The average Bonchev–Trinajstić information content (AvgIpc) is 3.11. The fraction of sp³-hybridized carbons (Fsp3) is 0.923. The highest BCUT2D eigenvalue weighted by Crippen LogP contribution is 2.50. The molecule has 0 amide bonds. The van der Waals surface area contributed by atoms with E-state index in [0.717, 1.165) is 24.3 Å². The molecule has 0 radical (unpaired) electrons. The Labute approximate surface area is 119 Å². The van der Waals surface area contributed by atoms with Crippen LogP contribution in [-0.2, 0) is 19.0 Å². The molecule has 0 aromatic rings. The molecule has 5 nitrogen and oxygen atoms in total. The van der Waals surface area contributed by atoms with E-state index in [2.05, 4.69) is 0 Å². The van der Waals surface area contributed by atoms with Crippen molar-refractivity contribution in [3.05, 3.63) is 0 Å². The molecule has 19 heavy (non-hydrogen) atoms. The Hall–Kier alpha value is -0.300. The lowest BCUT2D eigenvalue weighted by Crippen LogP contribution is -2.13. The first-order chi connectivity index (χ1) is 9.18. The fourth-order valence-corrected chi connectivity index (χ4v) is 2.94. The lowest BCUT2D eigenvalue weighted by atomic mass is 10.1. The number of ether oxygens (including phenoxy) is 3. The molecule has 0 bridgehead atoms. The van der Waals surface area contributed by atoms with Gasteiger partial charge in [0.1, 0.15) is 0 Å². The van der Waals surface area contributed by atoms with Crippen molar-refractivity contribution in [2.75, 3.05) is 51.6 Å². The van der Waals surface area contributed by atoms with Crippen LogP contribution >= 0.6 is 11.8 Å². The van der Waals surface area contributed by atoms with Crippen molar-refractivity contribution in [3.8, 4) is 0 Å². The molecule has 0 spiro atoms. The maximum absolute atomic E-state index is 10.7. The Bertz CT molecular complexity index is 255. The SMILES string of the molecule is COCCOCCOCCSCC1(CC(=O)O)CC1. The maximum Gasteiger partial charge on any atom is 0.303 e. The zero-order valence-corrected chi connectivity index (χ0v) is 12.4. The van der Waals surface area contributed by atoms with E-state index in [1.165, 1.54) is 0 Å². The van der Waals surface area contributed by atoms with Crippen molar-refractivity contribution in [2.24, 2.45) is 5.41 Å². The molecule has 1 aliphatic carbocycles. The van der Waals surface area contributed by atoms with Gasteiger partial charge < -0.3 is 19.3 Å². The van der Waals surface area contributed by atoms with E-state index >= 15 is 0 Å². The Kier molecular flexibility index (Phi) is 8.45. The number of aliphatic carboxylic acids is 1. The van der Waals surface area contributed by atoms with E-state index in [1.807, 2.05) is 0 Å². The fourth-order valence-electron chi connectivity index (χ4n) is 1.74. The molecule has 0 aliphatic heterocycles. The molecule has 1 fully saturated rings.